The standard InChI is InChI=1S/C17H14ClNO2S/c1-10-4-3-5-12(8-10)22-16-13-9-11(18)6-7-14(13)19-15(16)17(20)21-2/h3-9,19H,1-2H3. The zero-order valence-electron chi connectivity index (χ0n) is 12.1. The molecule has 0 saturated heterocycles. The second-order valence-corrected chi connectivity index (χ2v) is 6.45. The lowest BCUT2D eigenvalue weighted by molar-refractivity contribution is 0.0591. The molecule has 0 aliphatic carbocycles. The molecule has 3 aromatic rings. The monoisotopic (exact) mass is 331 g/mol. The molecule has 22 heavy (non-hydrogen) atoms. The molecule has 0 aliphatic heterocycles. The quantitative estimate of drug-likeness (QED) is 0.681. The molecule has 1 aromatic heterocycles. The van der Waals surface area contributed by atoms with Crippen molar-refractivity contribution in [1.82, 2.24) is 4.98 Å². The van der Waals surface area contributed by atoms with Crippen LogP contribution in [0, 0.1) is 6.92 Å². The molecule has 0 bridgehead atoms. The van der Waals surface area contributed by atoms with E-state index in [0.717, 1.165) is 20.7 Å². The van der Waals surface area contributed by atoms with Crippen molar-refractivity contribution in [3.63, 3.8) is 0 Å². The Morgan fingerprint density at radius 1 is 1.23 bits per heavy atom. The van der Waals surface area contributed by atoms with E-state index in [1.165, 1.54) is 24.4 Å². The molecule has 0 spiro atoms. The molecular formula is C17H14ClNO2S. The molecule has 0 aliphatic rings. The lowest BCUT2D eigenvalue weighted by atomic mass is 10.2. The van der Waals surface area contributed by atoms with E-state index in [2.05, 4.69) is 11.1 Å². The summed E-state index contributed by atoms with van der Waals surface area (Å²) in [5.74, 6) is -0.387. The van der Waals surface area contributed by atoms with Gasteiger partial charge in [-0.25, -0.2) is 4.79 Å². The van der Waals surface area contributed by atoms with Crippen LogP contribution < -0.4 is 0 Å². The van der Waals surface area contributed by atoms with Crippen molar-refractivity contribution in [2.75, 3.05) is 7.11 Å². The highest BCUT2D eigenvalue weighted by atomic mass is 35.5. The van der Waals surface area contributed by atoms with Crippen molar-refractivity contribution in [2.45, 2.75) is 16.7 Å². The molecule has 0 unspecified atom stereocenters. The van der Waals surface area contributed by atoms with E-state index in [4.69, 9.17) is 16.3 Å². The highest BCUT2D eigenvalue weighted by Crippen LogP contribution is 2.38. The van der Waals surface area contributed by atoms with E-state index < -0.39 is 0 Å². The summed E-state index contributed by atoms with van der Waals surface area (Å²) in [6.45, 7) is 2.04. The fraction of sp³-hybridized carbons (Fsp3) is 0.118. The SMILES string of the molecule is COC(=O)c1[nH]c2ccc(Cl)cc2c1Sc1cccc(C)c1. The average molecular weight is 332 g/mol. The number of hydrogen-bond donors (Lipinski definition) is 1. The zero-order valence-corrected chi connectivity index (χ0v) is 13.7. The number of nitrogens with one attached hydrogen (secondary N) is 1. The number of esters is 1. The lowest BCUT2D eigenvalue weighted by Gasteiger charge is -2.04. The summed E-state index contributed by atoms with van der Waals surface area (Å²) < 4.78 is 4.88. The van der Waals surface area contributed by atoms with E-state index in [-0.39, 0.29) is 5.97 Å². The normalized spacial score (nSPS) is 10.9. The van der Waals surface area contributed by atoms with Crippen molar-refractivity contribution in [2.24, 2.45) is 0 Å². The second kappa shape index (κ2) is 6.07. The van der Waals surface area contributed by atoms with Crippen molar-refractivity contribution in [3.05, 3.63) is 58.7 Å². The van der Waals surface area contributed by atoms with E-state index >= 15 is 0 Å². The fourth-order valence-electron chi connectivity index (χ4n) is 2.29. The number of ether oxygens (including phenoxy) is 1. The maximum absolute atomic E-state index is 12.0. The van der Waals surface area contributed by atoms with Crippen LogP contribution in [0.1, 0.15) is 16.1 Å². The molecule has 5 heteroatoms. The van der Waals surface area contributed by atoms with Crippen LogP contribution in [-0.4, -0.2) is 18.1 Å². The number of carbonyl (C=O) groups is 1. The molecule has 1 N–H and O–H groups in total. The van der Waals surface area contributed by atoms with Crippen LogP contribution in [0.25, 0.3) is 10.9 Å². The average Bonchev–Trinajstić information content (AvgIpc) is 2.85. The van der Waals surface area contributed by atoms with E-state index in [0.29, 0.717) is 10.7 Å². The van der Waals surface area contributed by atoms with Gasteiger partial charge >= 0.3 is 5.97 Å². The third kappa shape index (κ3) is 2.85. The third-order valence-corrected chi connectivity index (χ3v) is 4.66. The number of halogens is 1. The van der Waals surface area contributed by atoms with Gasteiger partial charge in [-0.1, -0.05) is 41.1 Å². The summed E-state index contributed by atoms with van der Waals surface area (Å²) in [6, 6.07) is 13.6. The maximum atomic E-state index is 12.0. The number of H-pyrrole nitrogens is 1. The van der Waals surface area contributed by atoms with Crippen molar-refractivity contribution in [1.29, 1.82) is 0 Å². The van der Waals surface area contributed by atoms with Crippen molar-refractivity contribution >= 4 is 40.2 Å². The van der Waals surface area contributed by atoms with Crippen LogP contribution in [0.15, 0.2) is 52.3 Å². The third-order valence-electron chi connectivity index (χ3n) is 3.31. The lowest BCUT2D eigenvalue weighted by Crippen LogP contribution is -2.02. The van der Waals surface area contributed by atoms with E-state index in [1.807, 2.05) is 37.3 Å². The Bertz CT molecular complexity index is 857. The van der Waals surface area contributed by atoms with Gasteiger partial charge in [0.2, 0.25) is 0 Å². The van der Waals surface area contributed by atoms with Crippen LogP contribution in [-0.2, 0) is 4.74 Å². The van der Waals surface area contributed by atoms with Gasteiger partial charge in [-0.05, 0) is 37.3 Å². The Labute approximate surface area is 137 Å². The number of hydrogen-bond acceptors (Lipinski definition) is 3. The van der Waals surface area contributed by atoms with Crippen LogP contribution in [0.2, 0.25) is 5.02 Å². The summed E-state index contributed by atoms with van der Waals surface area (Å²) in [4.78, 5) is 17.1. The second-order valence-electron chi connectivity index (χ2n) is 4.93. The first-order valence-electron chi connectivity index (χ1n) is 6.72. The minimum Gasteiger partial charge on any atom is -0.464 e. The topological polar surface area (TPSA) is 42.1 Å². The van der Waals surface area contributed by atoms with Crippen molar-refractivity contribution in [3.8, 4) is 0 Å². The van der Waals surface area contributed by atoms with Crippen molar-refractivity contribution < 1.29 is 9.53 Å². The van der Waals surface area contributed by atoms with Gasteiger partial charge in [-0.2, -0.15) is 0 Å². The molecule has 3 nitrogen and oxygen atoms in total. The highest BCUT2D eigenvalue weighted by molar-refractivity contribution is 7.99. The molecule has 1 heterocycles. The summed E-state index contributed by atoms with van der Waals surface area (Å²) >= 11 is 7.63. The fourth-order valence-corrected chi connectivity index (χ4v) is 3.60. The summed E-state index contributed by atoms with van der Waals surface area (Å²) in [7, 11) is 1.38. The Morgan fingerprint density at radius 3 is 2.77 bits per heavy atom. The molecule has 0 fully saturated rings. The zero-order chi connectivity index (χ0) is 15.7. The molecule has 3 rings (SSSR count). The predicted octanol–water partition coefficient (Wildman–Crippen LogP) is 5.07. The molecule has 0 atom stereocenters. The first-order valence-corrected chi connectivity index (χ1v) is 7.92. The summed E-state index contributed by atoms with van der Waals surface area (Å²) in [5.41, 5.74) is 2.48. The van der Waals surface area contributed by atoms with Gasteiger partial charge in [0.05, 0.1) is 12.0 Å². The number of aromatic nitrogens is 1. The van der Waals surface area contributed by atoms with Gasteiger partial charge in [-0.3, -0.25) is 0 Å². The first-order chi connectivity index (χ1) is 10.6. The number of aromatic amines is 1. The van der Waals surface area contributed by atoms with Crippen LogP contribution in [0.3, 0.4) is 0 Å². The van der Waals surface area contributed by atoms with Gasteiger partial charge in [0, 0.05) is 20.8 Å². The number of aryl methyl sites for hydroxylation is 1. The summed E-state index contributed by atoms with van der Waals surface area (Å²) in [6.07, 6.45) is 0. The summed E-state index contributed by atoms with van der Waals surface area (Å²) in [5, 5.41) is 1.55. The number of rotatable bonds is 3. The molecule has 0 amide bonds. The van der Waals surface area contributed by atoms with Gasteiger partial charge in [0.1, 0.15) is 5.69 Å². The minimum absolute atomic E-state index is 0.387. The highest BCUT2D eigenvalue weighted by Gasteiger charge is 2.19. The van der Waals surface area contributed by atoms with E-state index in [1.54, 1.807) is 6.07 Å². The van der Waals surface area contributed by atoms with Crippen LogP contribution in [0.5, 0.6) is 0 Å². The molecule has 112 valence electrons. The number of benzene rings is 2. The number of fused-ring (bicyclic) bond motifs is 1. The minimum atomic E-state index is -0.387. The number of carbonyl (C=O) groups excluding carboxylic acids is 1. The molecule has 0 saturated carbocycles. The Morgan fingerprint density at radius 2 is 2.05 bits per heavy atom. The predicted molar refractivity (Wildman–Crippen MR) is 90.0 cm³/mol. The van der Waals surface area contributed by atoms with Gasteiger partial charge in [0.25, 0.3) is 0 Å². The van der Waals surface area contributed by atoms with Gasteiger partial charge in [-0.15, -0.1) is 0 Å². The smallest absolute Gasteiger partial charge is 0.355 e. The van der Waals surface area contributed by atoms with Crippen LogP contribution >= 0.6 is 23.4 Å². The van der Waals surface area contributed by atoms with Gasteiger partial charge in [0.15, 0.2) is 0 Å². The molecular weight excluding hydrogens is 318 g/mol. The first kappa shape index (κ1) is 15.0. The Balaban J connectivity index is 2.16. The molecule has 2 aromatic carbocycles. The maximum Gasteiger partial charge on any atom is 0.355 e. The van der Waals surface area contributed by atoms with E-state index in [9.17, 15) is 4.79 Å². The largest absolute Gasteiger partial charge is 0.464 e. The Hall–Kier alpha value is -1.91. The number of methoxy groups -OCH3 is 1. The molecule has 0 radical (unpaired) electrons. The Kier molecular flexibility index (Phi) is 4.14. The van der Waals surface area contributed by atoms with Gasteiger partial charge < -0.3 is 9.72 Å². The van der Waals surface area contributed by atoms with Crippen LogP contribution in [0.4, 0.5) is 0 Å².